The lowest BCUT2D eigenvalue weighted by Crippen LogP contribution is -2.39. The standard InChI is InChI=1S/C34H24BrClN2O5/c35-26-16-28(40)31-25(32(26)41)15-23-21(29(31)24-14-17(36)6-13-27(24)39)11-12-22-30(23)34(43)38(33(22)42)20-9-7-19(8-10-20)37-18-4-2-1-3-5-18/h1-11,13-14,16,22-23,29-30,37,39H,12,15H2/t22-,23+,29+,30-/m0/s1. The Morgan fingerprint density at radius 1 is 0.884 bits per heavy atom. The quantitative estimate of drug-likeness (QED) is 0.183. The van der Waals surface area contributed by atoms with Crippen molar-refractivity contribution in [1.82, 2.24) is 0 Å². The number of hydrogen-bond acceptors (Lipinski definition) is 6. The van der Waals surface area contributed by atoms with Gasteiger partial charge in [-0.3, -0.25) is 24.1 Å². The minimum absolute atomic E-state index is 0.0709. The average molecular weight is 656 g/mol. The molecule has 9 heteroatoms. The van der Waals surface area contributed by atoms with Crippen molar-refractivity contribution in [2.24, 2.45) is 17.8 Å². The van der Waals surface area contributed by atoms with Crippen molar-refractivity contribution in [2.75, 3.05) is 10.2 Å². The third-order valence-corrected chi connectivity index (χ3v) is 9.64. The van der Waals surface area contributed by atoms with Gasteiger partial charge < -0.3 is 10.4 Å². The third kappa shape index (κ3) is 4.48. The number of carbonyl (C=O) groups is 4. The van der Waals surface area contributed by atoms with Crippen molar-refractivity contribution < 1.29 is 24.3 Å². The van der Waals surface area contributed by atoms with E-state index < -0.39 is 23.7 Å². The largest absolute Gasteiger partial charge is 0.508 e. The highest BCUT2D eigenvalue weighted by Gasteiger charge is 2.56. The number of phenolic OH excluding ortho intramolecular Hbond substituents is 1. The van der Waals surface area contributed by atoms with E-state index in [9.17, 15) is 24.3 Å². The molecule has 0 aromatic heterocycles. The van der Waals surface area contributed by atoms with Gasteiger partial charge in [0.25, 0.3) is 0 Å². The number of fused-ring (bicyclic) bond motifs is 3. The number of ketones is 2. The van der Waals surface area contributed by atoms with E-state index in [1.165, 1.54) is 17.0 Å². The van der Waals surface area contributed by atoms with Crippen LogP contribution in [0.15, 0.2) is 106 Å². The summed E-state index contributed by atoms with van der Waals surface area (Å²) >= 11 is 9.55. The Kier molecular flexibility index (Phi) is 6.71. The first-order valence-electron chi connectivity index (χ1n) is 13.9. The van der Waals surface area contributed by atoms with Crippen LogP contribution in [0.5, 0.6) is 5.75 Å². The summed E-state index contributed by atoms with van der Waals surface area (Å²) in [4.78, 5) is 55.9. The molecule has 1 aliphatic heterocycles. The molecular formula is C34H24BrClN2O5. The molecule has 0 saturated carbocycles. The summed E-state index contributed by atoms with van der Waals surface area (Å²) < 4.78 is 0.143. The number of imide groups is 1. The van der Waals surface area contributed by atoms with Gasteiger partial charge in [-0.2, -0.15) is 0 Å². The molecule has 3 aromatic carbocycles. The van der Waals surface area contributed by atoms with E-state index in [0.29, 0.717) is 28.3 Å². The predicted molar refractivity (Wildman–Crippen MR) is 166 cm³/mol. The SMILES string of the molecule is O=C1C=C(Br)C(=O)C2=C1[C@@H](c1cc(Cl)ccc1O)C1=CC[C@@H]3C(=O)N(c4ccc(Nc5ccccc5)cc4)C(=O)[C@@H]3[C@@H]1C2. The molecule has 0 bridgehead atoms. The first-order valence-corrected chi connectivity index (χ1v) is 15.1. The molecular weight excluding hydrogens is 632 g/mol. The molecule has 1 saturated heterocycles. The molecule has 1 heterocycles. The lowest BCUT2D eigenvalue weighted by molar-refractivity contribution is -0.123. The number of aromatic hydroxyl groups is 1. The first kappa shape index (κ1) is 27.6. The summed E-state index contributed by atoms with van der Waals surface area (Å²) in [6.45, 7) is 0. The molecule has 2 amide bonds. The van der Waals surface area contributed by atoms with Crippen LogP contribution in [0, 0.1) is 17.8 Å². The van der Waals surface area contributed by atoms with Crippen LogP contribution in [0.25, 0.3) is 0 Å². The number of halogens is 2. The highest BCUT2D eigenvalue weighted by Crippen LogP contribution is 2.56. The van der Waals surface area contributed by atoms with Crippen LogP contribution in [-0.2, 0) is 19.2 Å². The Morgan fingerprint density at radius 2 is 1.60 bits per heavy atom. The minimum atomic E-state index is -0.776. The summed E-state index contributed by atoms with van der Waals surface area (Å²) in [7, 11) is 0. The van der Waals surface area contributed by atoms with E-state index in [4.69, 9.17) is 11.6 Å². The second kappa shape index (κ2) is 10.5. The number of rotatable bonds is 4. The molecule has 43 heavy (non-hydrogen) atoms. The smallest absolute Gasteiger partial charge is 0.238 e. The molecule has 2 N–H and O–H groups in total. The van der Waals surface area contributed by atoms with Crippen LogP contribution in [0.2, 0.25) is 5.02 Å². The normalized spacial score (nSPS) is 24.7. The number of amides is 2. The third-order valence-electron chi connectivity index (χ3n) is 8.82. The number of allylic oxidation sites excluding steroid dienone is 6. The van der Waals surface area contributed by atoms with Gasteiger partial charge in [-0.15, -0.1) is 0 Å². The molecule has 0 radical (unpaired) electrons. The summed E-state index contributed by atoms with van der Waals surface area (Å²) in [5.74, 6) is -3.99. The van der Waals surface area contributed by atoms with Crippen LogP contribution in [-0.4, -0.2) is 28.5 Å². The van der Waals surface area contributed by atoms with E-state index in [0.717, 1.165) is 16.9 Å². The van der Waals surface area contributed by atoms with Crippen LogP contribution >= 0.6 is 27.5 Å². The van der Waals surface area contributed by atoms with Crippen molar-refractivity contribution in [1.29, 1.82) is 0 Å². The molecule has 4 atom stereocenters. The van der Waals surface area contributed by atoms with Crippen molar-refractivity contribution in [3.05, 3.63) is 117 Å². The minimum Gasteiger partial charge on any atom is -0.508 e. The Bertz CT molecular complexity index is 1830. The molecule has 0 unspecified atom stereocenters. The van der Waals surface area contributed by atoms with Gasteiger partial charge >= 0.3 is 0 Å². The number of para-hydroxylation sites is 1. The fourth-order valence-electron chi connectivity index (χ4n) is 6.96. The summed E-state index contributed by atoms with van der Waals surface area (Å²) in [5, 5.41) is 14.6. The number of benzene rings is 3. The van der Waals surface area contributed by atoms with E-state index in [1.807, 2.05) is 48.5 Å². The zero-order valence-electron chi connectivity index (χ0n) is 22.6. The van der Waals surface area contributed by atoms with E-state index in [2.05, 4.69) is 21.2 Å². The number of nitrogens with zero attached hydrogens (tertiary/aromatic N) is 1. The second-order valence-electron chi connectivity index (χ2n) is 11.1. The van der Waals surface area contributed by atoms with Crippen molar-refractivity contribution in [2.45, 2.75) is 18.8 Å². The number of carbonyl (C=O) groups excluding carboxylic acids is 4. The van der Waals surface area contributed by atoms with Crippen molar-refractivity contribution in [3.63, 3.8) is 0 Å². The van der Waals surface area contributed by atoms with Gasteiger partial charge in [-0.05, 0) is 89.3 Å². The molecule has 0 spiro atoms. The van der Waals surface area contributed by atoms with E-state index >= 15 is 0 Å². The lowest BCUT2D eigenvalue weighted by Gasteiger charge is -2.42. The summed E-state index contributed by atoms with van der Waals surface area (Å²) in [6, 6.07) is 21.4. The maximum atomic E-state index is 14.1. The zero-order chi connectivity index (χ0) is 30.0. The van der Waals surface area contributed by atoms with Gasteiger partial charge in [0, 0.05) is 45.1 Å². The molecule has 7 rings (SSSR count). The highest BCUT2D eigenvalue weighted by atomic mass is 79.9. The van der Waals surface area contributed by atoms with Gasteiger partial charge in [-0.1, -0.05) is 41.4 Å². The molecule has 214 valence electrons. The first-order chi connectivity index (χ1) is 20.7. The summed E-state index contributed by atoms with van der Waals surface area (Å²) in [6.07, 6.45) is 3.60. The summed E-state index contributed by atoms with van der Waals surface area (Å²) in [5.41, 5.74) is 3.90. The Hall–Kier alpha value is -4.27. The highest BCUT2D eigenvalue weighted by molar-refractivity contribution is 9.12. The lowest BCUT2D eigenvalue weighted by atomic mass is 9.59. The van der Waals surface area contributed by atoms with Crippen molar-refractivity contribution >= 4 is 68.0 Å². The monoisotopic (exact) mass is 654 g/mol. The Morgan fingerprint density at radius 3 is 2.35 bits per heavy atom. The van der Waals surface area contributed by atoms with Gasteiger partial charge in [0.15, 0.2) is 11.6 Å². The number of Topliss-reactive ketones (excluding diaryl/α,β-unsaturated/α-hetero) is 1. The van der Waals surface area contributed by atoms with Gasteiger partial charge in [0.2, 0.25) is 11.8 Å². The number of phenols is 1. The predicted octanol–water partition coefficient (Wildman–Crippen LogP) is 6.76. The van der Waals surface area contributed by atoms with Gasteiger partial charge in [-0.25, -0.2) is 0 Å². The molecule has 7 nitrogen and oxygen atoms in total. The topological polar surface area (TPSA) is 104 Å². The van der Waals surface area contributed by atoms with E-state index in [-0.39, 0.29) is 45.6 Å². The number of anilines is 3. The average Bonchev–Trinajstić information content (AvgIpc) is 3.26. The van der Waals surface area contributed by atoms with Crippen LogP contribution in [0.4, 0.5) is 17.1 Å². The van der Waals surface area contributed by atoms with Crippen LogP contribution in [0.1, 0.15) is 24.3 Å². The van der Waals surface area contributed by atoms with Crippen molar-refractivity contribution in [3.8, 4) is 5.75 Å². The van der Waals surface area contributed by atoms with Crippen LogP contribution in [0.3, 0.4) is 0 Å². The van der Waals surface area contributed by atoms with E-state index in [1.54, 1.807) is 24.3 Å². The second-order valence-corrected chi connectivity index (χ2v) is 12.4. The maximum absolute atomic E-state index is 14.1. The van der Waals surface area contributed by atoms with Gasteiger partial charge in [0.05, 0.1) is 22.0 Å². The number of hydrogen-bond donors (Lipinski definition) is 2. The fraction of sp³-hybridized carbons (Fsp3) is 0.176. The fourth-order valence-corrected chi connectivity index (χ4v) is 7.58. The maximum Gasteiger partial charge on any atom is 0.238 e. The Labute approximate surface area is 260 Å². The molecule has 3 aromatic rings. The van der Waals surface area contributed by atoms with Gasteiger partial charge in [0.1, 0.15) is 5.75 Å². The zero-order valence-corrected chi connectivity index (χ0v) is 24.9. The van der Waals surface area contributed by atoms with Crippen LogP contribution < -0.4 is 10.2 Å². The number of nitrogens with one attached hydrogen (secondary N) is 1. The molecule has 4 aliphatic rings. The molecule has 3 aliphatic carbocycles. The Balaban J connectivity index is 1.26. The molecule has 1 fully saturated rings.